The third-order valence-corrected chi connectivity index (χ3v) is 4.03. The van der Waals surface area contributed by atoms with Crippen LogP contribution in [0.25, 0.3) is 0 Å². The predicted molar refractivity (Wildman–Crippen MR) is 85.3 cm³/mol. The summed E-state index contributed by atoms with van der Waals surface area (Å²) in [4.78, 5) is 2.08. The molecular weight excluding hydrogens is 319 g/mol. The standard InChI is InChI=1S/C16H18BrFN2/c1-11(19)14-9-13(18)7-8-16(14)20(2)10-12-5-3-4-6-15(12)17/h3-9,11H,10,19H2,1-2H3/t11-/m1/s1. The van der Waals surface area contributed by atoms with Crippen molar-refractivity contribution in [2.24, 2.45) is 5.73 Å². The van der Waals surface area contributed by atoms with Gasteiger partial charge in [0.15, 0.2) is 0 Å². The fourth-order valence-electron chi connectivity index (χ4n) is 2.21. The molecule has 0 aliphatic carbocycles. The van der Waals surface area contributed by atoms with E-state index in [2.05, 4.69) is 26.9 Å². The maximum Gasteiger partial charge on any atom is 0.123 e. The van der Waals surface area contributed by atoms with E-state index in [1.807, 2.05) is 32.2 Å². The second-order valence-corrected chi connectivity index (χ2v) is 5.79. The van der Waals surface area contributed by atoms with Crippen LogP contribution < -0.4 is 10.6 Å². The van der Waals surface area contributed by atoms with Gasteiger partial charge in [0.1, 0.15) is 5.82 Å². The van der Waals surface area contributed by atoms with Crippen LogP contribution in [-0.4, -0.2) is 7.05 Å². The third kappa shape index (κ3) is 3.38. The maximum atomic E-state index is 13.4. The van der Waals surface area contributed by atoms with Crippen LogP contribution in [0, 0.1) is 5.82 Å². The number of benzene rings is 2. The van der Waals surface area contributed by atoms with Gasteiger partial charge in [0.25, 0.3) is 0 Å². The molecule has 2 N–H and O–H groups in total. The molecule has 0 amide bonds. The highest BCUT2D eigenvalue weighted by atomic mass is 79.9. The van der Waals surface area contributed by atoms with E-state index in [-0.39, 0.29) is 11.9 Å². The molecule has 0 spiro atoms. The van der Waals surface area contributed by atoms with Gasteiger partial charge in [-0.05, 0) is 42.3 Å². The van der Waals surface area contributed by atoms with Gasteiger partial charge in [-0.2, -0.15) is 0 Å². The number of nitrogens with zero attached hydrogens (tertiary/aromatic N) is 1. The van der Waals surface area contributed by atoms with Crippen LogP contribution in [0.4, 0.5) is 10.1 Å². The molecule has 0 aliphatic rings. The van der Waals surface area contributed by atoms with E-state index in [9.17, 15) is 4.39 Å². The zero-order valence-electron chi connectivity index (χ0n) is 11.6. The van der Waals surface area contributed by atoms with Crippen LogP contribution in [0.2, 0.25) is 0 Å². The van der Waals surface area contributed by atoms with E-state index in [0.29, 0.717) is 0 Å². The first-order chi connectivity index (χ1) is 9.49. The summed E-state index contributed by atoms with van der Waals surface area (Å²) in [5.74, 6) is -0.254. The van der Waals surface area contributed by atoms with Crippen molar-refractivity contribution >= 4 is 21.6 Å². The zero-order valence-corrected chi connectivity index (χ0v) is 13.2. The molecule has 2 nitrogen and oxygen atoms in total. The van der Waals surface area contributed by atoms with Crippen molar-refractivity contribution in [3.05, 3.63) is 63.9 Å². The van der Waals surface area contributed by atoms with Crippen LogP contribution in [0.3, 0.4) is 0 Å². The van der Waals surface area contributed by atoms with Crippen LogP contribution in [0.1, 0.15) is 24.1 Å². The number of anilines is 1. The lowest BCUT2D eigenvalue weighted by Crippen LogP contribution is -2.20. The average molecular weight is 337 g/mol. The summed E-state index contributed by atoms with van der Waals surface area (Å²) in [5, 5.41) is 0. The molecule has 0 unspecified atom stereocenters. The van der Waals surface area contributed by atoms with Gasteiger partial charge in [0.2, 0.25) is 0 Å². The molecule has 4 heteroatoms. The molecule has 2 aromatic carbocycles. The molecular formula is C16H18BrFN2. The predicted octanol–water partition coefficient (Wildman–Crippen LogP) is 4.24. The van der Waals surface area contributed by atoms with Gasteiger partial charge < -0.3 is 10.6 Å². The second kappa shape index (κ2) is 6.37. The van der Waals surface area contributed by atoms with Crippen molar-refractivity contribution in [2.75, 3.05) is 11.9 Å². The Bertz CT molecular complexity index is 599. The zero-order chi connectivity index (χ0) is 14.7. The lowest BCUT2D eigenvalue weighted by atomic mass is 10.1. The molecule has 0 heterocycles. The summed E-state index contributed by atoms with van der Waals surface area (Å²) in [6.07, 6.45) is 0. The van der Waals surface area contributed by atoms with Gasteiger partial charge in [-0.15, -0.1) is 0 Å². The summed E-state index contributed by atoms with van der Waals surface area (Å²) < 4.78 is 14.4. The Kier molecular flexibility index (Phi) is 4.78. The molecule has 2 rings (SSSR count). The molecule has 0 aliphatic heterocycles. The van der Waals surface area contributed by atoms with Gasteiger partial charge in [-0.25, -0.2) is 4.39 Å². The first-order valence-electron chi connectivity index (χ1n) is 6.48. The molecule has 0 saturated heterocycles. The summed E-state index contributed by atoms with van der Waals surface area (Å²) in [6.45, 7) is 2.59. The van der Waals surface area contributed by atoms with E-state index in [0.717, 1.165) is 22.3 Å². The van der Waals surface area contributed by atoms with E-state index in [4.69, 9.17) is 5.73 Å². The topological polar surface area (TPSA) is 29.3 Å². The number of nitrogens with two attached hydrogens (primary N) is 1. The number of rotatable bonds is 4. The summed E-state index contributed by atoms with van der Waals surface area (Å²) in [5.41, 5.74) is 8.89. The Morgan fingerprint density at radius 2 is 1.95 bits per heavy atom. The van der Waals surface area contributed by atoms with E-state index in [1.165, 1.54) is 17.7 Å². The van der Waals surface area contributed by atoms with E-state index >= 15 is 0 Å². The van der Waals surface area contributed by atoms with Crippen molar-refractivity contribution in [3.63, 3.8) is 0 Å². The normalized spacial score (nSPS) is 12.2. The number of hydrogen-bond donors (Lipinski definition) is 1. The van der Waals surface area contributed by atoms with Crippen molar-refractivity contribution in [2.45, 2.75) is 19.5 Å². The minimum atomic E-state index is -0.254. The van der Waals surface area contributed by atoms with Crippen LogP contribution in [0.5, 0.6) is 0 Å². The Labute approximate surface area is 127 Å². The van der Waals surface area contributed by atoms with Crippen molar-refractivity contribution < 1.29 is 4.39 Å². The molecule has 2 aromatic rings. The Morgan fingerprint density at radius 1 is 1.25 bits per heavy atom. The minimum Gasteiger partial charge on any atom is -0.370 e. The Balaban J connectivity index is 2.30. The molecule has 0 saturated carbocycles. The molecule has 0 bridgehead atoms. The van der Waals surface area contributed by atoms with Crippen molar-refractivity contribution in [1.29, 1.82) is 0 Å². The fourth-order valence-corrected chi connectivity index (χ4v) is 2.62. The molecule has 0 radical (unpaired) electrons. The summed E-state index contributed by atoms with van der Waals surface area (Å²) in [6, 6.07) is 12.6. The smallest absolute Gasteiger partial charge is 0.123 e. The van der Waals surface area contributed by atoms with Crippen LogP contribution in [0.15, 0.2) is 46.9 Å². The Morgan fingerprint density at radius 3 is 2.60 bits per heavy atom. The lowest BCUT2D eigenvalue weighted by Gasteiger charge is -2.24. The highest BCUT2D eigenvalue weighted by molar-refractivity contribution is 9.10. The molecule has 20 heavy (non-hydrogen) atoms. The van der Waals surface area contributed by atoms with Gasteiger partial charge in [-0.3, -0.25) is 0 Å². The number of hydrogen-bond acceptors (Lipinski definition) is 2. The van der Waals surface area contributed by atoms with Gasteiger partial charge in [0, 0.05) is 29.8 Å². The first-order valence-corrected chi connectivity index (χ1v) is 7.28. The highest BCUT2D eigenvalue weighted by Crippen LogP contribution is 2.27. The van der Waals surface area contributed by atoms with Gasteiger partial charge in [-0.1, -0.05) is 34.1 Å². The van der Waals surface area contributed by atoms with Crippen LogP contribution in [-0.2, 0) is 6.54 Å². The number of halogens is 2. The molecule has 106 valence electrons. The van der Waals surface area contributed by atoms with Crippen molar-refractivity contribution in [3.8, 4) is 0 Å². The fraction of sp³-hybridized carbons (Fsp3) is 0.250. The third-order valence-electron chi connectivity index (χ3n) is 3.26. The minimum absolute atomic E-state index is 0.206. The van der Waals surface area contributed by atoms with E-state index < -0.39 is 0 Å². The average Bonchev–Trinajstić information content (AvgIpc) is 2.41. The Hall–Kier alpha value is -1.39. The largest absolute Gasteiger partial charge is 0.370 e. The van der Waals surface area contributed by atoms with Gasteiger partial charge in [0.05, 0.1) is 0 Å². The SMILES string of the molecule is C[C@@H](N)c1cc(F)ccc1N(C)Cc1ccccc1Br. The summed E-state index contributed by atoms with van der Waals surface area (Å²) in [7, 11) is 1.98. The van der Waals surface area contributed by atoms with Crippen LogP contribution >= 0.6 is 15.9 Å². The first kappa shape index (κ1) is 15.0. The maximum absolute atomic E-state index is 13.4. The summed E-state index contributed by atoms with van der Waals surface area (Å²) >= 11 is 3.55. The lowest BCUT2D eigenvalue weighted by molar-refractivity contribution is 0.622. The molecule has 0 aromatic heterocycles. The monoisotopic (exact) mass is 336 g/mol. The molecule has 0 fully saturated rings. The second-order valence-electron chi connectivity index (χ2n) is 4.94. The van der Waals surface area contributed by atoms with Crippen molar-refractivity contribution in [1.82, 2.24) is 0 Å². The van der Waals surface area contributed by atoms with Gasteiger partial charge >= 0.3 is 0 Å². The quantitative estimate of drug-likeness (QED) is 0.904. The molecule has 1 atom stereocenters. The highest BCUT2D eigenvalue weighted by Gasteiger charge is 2.13. The van der Waals surface area contributed by atoms with E-state index in [1.54, 1.807) is 6.07 Å².